The van der Waals surface area contributed by atoms with E-state index in [1.165, 1.54) is 11.8 Å². The zero-order valence-corrected chi connectivity index (χ0v) is 21.2. The molecule has 196 valence electrons. The van der Waals surface area contributed by atoms with Crippen molar-refractivity contribution in [1.82, 2.24) is 25.4 Å². The number of hydrogen-bond donors (Lipinski definition) is 1. The Labute approximate surface area is 221 Å². The van der Waals surface area contributed by atoms with Crippen LogP contribution in [0.5, 0.6) is 0 Å². The van der Waals surface area contributed by atoms with Crippen LogP contribution in [0.1, 0.15) is 34.8 Å². The summed E-state index contributed by atoms with van der Waals surface area (Å²) in [6.45, 7) is 4.82. The van der Waals surface area contributed by atoms with Gasteiger partial charge in [0.2, 0.25) is 17.7 Å². The average Bonchev–Trinajstić information content (AvgIpc) is 3.25. The molecule has 1 N–H and O–H groups in total. The Kier molecular flexibility index (Phi) is 7.50. The summed E-state index contributed by atoms with van der Waals surface area (Å²) in [7, 11) is 0. The average molecular weight is 544 g/mol. The highest BCUT2D eigenvalue weighted by Gasteiger charge is 2.41. The van der Waals surface area contributed by atoms with E-state index in [9.17, 15) is 22.8 Å². The summed E-state index contributed by atoms with van der Waals surface area (Å²) in [5.74, 6) is 4.26. The molecule has 0 spiro atoms. The number of halogens is 4. The van der Waals surface area contributed by atoms with Crippen molar-refractivity contribution in [1.29, 1.82) is 0 Å². The molecular formula is C25H21ClF3N7O2. The molecule has 3 heterocycles. The van der Waals surface area contributed by atoms with Crippen molar-refractivity contribution >= 4 is 35.1 Å². The third-order valence-electron chi connectivity index (χ3n) is 5.51. The van der Waals surface area contributed by atoms with Gasteiger partial charge in [-0.2, -0.15) is 13.2 Å². The maximum Gasteiger partial charge on any atom is 0.433 e. The Morgan fingerprint density at radius 2 is 1.89 bits per heavy atom. The van der Waals surface area contributed by atoms with Crippen LogP contribution >= 0.6 is 11.6 Å². The minimum atomic E-state index is -4.74. The van der Waals surface area contributed by atoms with Crippen molar-refractivity contribution in [2.75, 3.05) is 16.5 Å². The van der Waals surface area contributed by atoms with Gasteiger partial charge in [-0.15, -0.1) is 0 Å². The van der Waals surface area contributed by atoms with E-state index in [2.05, 4.69) is 37.2 Å². The molecule has 1 aliphatic heterocycles. The van der Waals surface area contributed by atoms with Crippen LogP contribution in [0.2, 0.25) is 5.02 Å². The normalized spacial score (nSPS) is 15.1. The lowest BCUT2D eigenvalue weighted by Gasteiger charge is -2.29. The van der Waals surface area contributed by atoms with Gasteiger partial charge in [-0.3, -0.25) is 19.9 Å². The molecule has 0 aliphatic carbocycles. The van der Waals surface area contributed by atoms with Crippen LogP contribution < -0.4 is 15.3 Å². The first-order chi connectivity index (χ1) is 17.9. The fourth-order valence-corrected chi connectivity index (χ4v) is 3.76. The number of aromatic nitrogens is 4. The second kappa shape index (κ2) is 10.6. The maximum atomic E-state index is 13.8. The van der Waals surface area contributed by atoms with E-state index in [-0.39, 0.29) is 24.5 Å². The van der Waals surface area contributed by atoms with E-state index in [4.69, 9.17) is 11.6 Å². The number of amides is 2. The van der Waals surface area contributed by atoms with E-state index in [1.807, 2.05) is 6.92 Å². The van der Waals surface area contributed by atoms with Crippen molar-refractivity contribution in [2.45, 2.75) is 39.4 Å². The standard InChI is InChI=1S/C25H21ClF3N7O2/c1-14-12-30-21(31-13-14)5-4-8-35(17-6-7-18(26)15(2)9-17)23(38)19-11-22(37)34-36(19)24-32-16(3)10-20(33-24)25(27,28)29/h6-7,9-10,12-13,19H,8,11H2,1-3H3,(H,34,37). The smallest absolute Gasteiger partial charge is 0.299 e. The summed E-state index contributed by atoms with van der Waals surface area (Å²) in [4.78, 5) is 43.3. The number of nitrogens with zero attached hydrogens (tertiary/aromatic N) is 6. The molecule has 1 saturated heterocycles. The van der Waals surface area contributed by atoms with Crippen molar-refractivity contribution in [2.24, 2.45) is 0 Å². The van der Waals surface area contributed by atoms with Gasteiger partial charge in [0, 0.05) is 28.8 Å². The highest BCUT2D eigenvalue weighted by molar-refractivity contribution is 6.31. The van der Waals surface area contributed by atoms with Gasteiger partial charge in [0.25, 0.3) is 5.91 Å². The van der Waals surface area contributed by atoms with Crippen molar-refractivity contribution in [3.8, 4) is 11.8 Å². The number of alkyl halides is 3. The van der Waals surface area contributed by atoms with Gasteiger partial charge in [-0.25, -0.2) is 24.9 Å². The molecule has 0 radical (unpaired) electrons. The Balaban J connectivity index is 1.70. The molecule has 0 saturated carbocycles. The molecule has 9 nitrogen and oxygen atoms in total. The molecular weight excluding hydrogens is 523 g/mol. The molecule has 2 aromatic heterocycles. The van der Waals surface area contributed by atoms with Crippen LogP contribution in [-0.2, 0) is 15.8 Å². The molecule has 1 aromatic carbocycles. The molecule has 38 heavy (non-hydrogen) atoms. The van der Waals surface area contributed by atoms with Gasteiger partial charge in [-0.05, 0) is 62.1 Å². The molecule has 13 heteroatoms. The molecule has 3 aromatic rings. The topological polar surface area (TPSA) is 104 Å². The predicted molar refractivity (Wildman–Crippen MR) is 133 cm³/mol. The highest BCUT2D eigenvalue weighted by atomic mass is 35.5. The number of carbonyl (C=O) groups excluding carboxylic acids is 2. The zero-order valence-electron chi connectivity index (χ0n) is 20.5. The summed E-state index contributed by atoms with van der Waals surface area (Å²) < 4.78 is 40.1. The van der Waals surface area contributed by atoms with Crippen LogP contribution in [0.3, 0.4) is 0 Å². The monoisotopic (exact) mass is 543 g/mol. The fraction of sp³-hybridized carbons (Fsp3) is 0.280. The summed E-state index contributed by atoms with van der Waals surface area (Å²) in [5, 5.41) is 1.44. The van der Waals surface area contributed by atoms with Crippen LogP contribution in [-0.4, -0.2) is 44.3 Å². The molecule has 0 bridgehead atoms. The first kappa shape index (κ1) is 26.8. The van der Waals surface area contributed by atoms with Gasteiger partial charge in [0.15, 0.2) is 0 Å². The highest BCUT2D eigenvalue weighted by Crippen LogP contribution is 2.31. The number of benzene rings is 1. The minimum absolute atomic E-state index is 0.0174. The number of anilines is 2. The lowest BCUT2D eigenvalue weighted by atomic mass is 10.1. The number of aryl methyl sites for hydroxylation is 3. The lowest BCUT2D eigenvalue weighted by Crippen LogP contribution is -2.50. The molecule has 1 atom stereocenters. The first-order valence-electron chi connectivity index (χ1n) is 11.3. The summed E-state index contributed by atoms with van der Waals surface area (Å²) in [5.41, 5.74) is 3.19. The van der Waals surface area contributed by atoms with Crippen LogP contribution in [0.15, 0.2) is 36.7 Å². The molecule has 1 aliphatic rings. The SMILES string of the molecule is Cc1cnc(C#CCN(C(=O)C2CC(=O)NN2c2nc(C)cc(C(F)(F)F)n2)c2ccc(Cl)c(C)c2)nc1. The first-order valence-corrected chi connectivity index (χ1v) is 11.7. The van der Waals surface area contributed by atoms with E-state index in [0.29, 0.717) is 16.3 Å². The number of rotatable bonds is 4. The quantitative estimate of drug-likeness (QED) is 0.502. The Hall–Kier alpha value is -4.24. The summed E-state index contributed by atoms with van der Waals surface area (Å²) >= 11 is 6.16. The van der Waals surface area contributed by atoms with Crippen molar-refractivity contribution in [3.05, 3.63) is 70.0 Å². The summed E-state index contributed by atoms with van der Waals surface area (Å²) in [6.07, 6.45) is -1.86. The van der Waals surface area contributed by atoms with Gasteiger partial charge in [0.05, 0.1) is 13.0 Å². The van der Waals surface area contributed by atoms with Crippen molar-refractivity contribution < 1.29 is 22.8 Å². The van der Waals surface area contributed by atoms with Gasteiger partial charge in [-0.1, -0.05) is 17.5 Å². The van der Waals surface area contributed by atoms with Crippen LogP contribution in [0.4, 0.5) is 24.8 Å². The Morgan fingerprint density at radius 1 is 1.18 bits per heavy atom. The summed E-state index contributed by atoms with van der Waals surface area (Å²) in [6, 6.07) is 4.43. The molecule has 1 unspecified atom stereocenters. The van der Waals surface area contributed by atoms with Gasteiger partial charge < -0.3 is 0 Å². The molecule has 4 rings (SSSR count). The Bertz CT molecular complexity index is 1450. The number of carbonyl (C=O) groups is 2. The van der Waals surface area contributed by atoms with Gasteiger partial charge >= 0.3 is 6.18 Å². The Morgan fingerprint density at radius 3 is 2.55 bits per heavy atom. The largest absolute Gasteiger partial charge is 0.433 e. The van der Waals surface area contributed by atoms with Gasteiger partial charge in [0.1, 0.15) is 11.7 Å². The van der Waals surface area contributed by atoms with E-state index < -0.39 is 35.7 Å². The number of hydrogen-bond acceptors (Lipinski definition) is 7. The van der Waals surface area contributed by atoms with E-state index >= 15 is 0 Å². The van der Waals surface area contributed by atoms with Crippen LogP contribution in [0, 0.1) is 32.6 Å². The third kappa shape index (κ3) is 6.00. The van der Waals surface area contributed by atoms with E-state index in [0.717, 1.165) is 16.6 Å². The number of hydrazine groups is 1. The molecule has 1 fully saturated rings. The minimum Gasteiger partial charge on any atom is -0.299 e. The lowest BCUT2D eigenvalue weighted by molar-refractivity contribution is -0.141. The fourth-order valence-electron chi connectivity index (χ4n) is 3.65. The number of nitrogens with one attached hydrogen (secondary N) is 1. The second-order valence-corrected chi connectivity index (χ2v) is 8.97. The van der Waals surface area contributed by atoms with Crippen LogP contribution in [0.25, 0.3) is 0 Å². The van der Waals surface area contributed by atoms with Crippen molar-refractivity contribution in [3.63, 3.8) is 0 Å². The third-order valence-corrected chi connectivity index (χ3v) is 5.93. The predicted octanol–water partition coefficient (Wildman–Crippen LogP) is 3.56. The van der Waals surface area contributed by atoms with E-state index in [1.54, 1.807) is 37.5 Å². The maximum absolute atomic E-state index is 13.8. The molecule has 2 amide bonds. The second-order valence-electron chi connectivity index (χ2n) is 8.56. The zero-order chi connectivity index (χ0) is 27.6.